The van der Waals surface area contributed by atoms with Crippen LogP contribution in [0.3, 0.4) is 0 Å². The van der Waals surface area contributed by atoms with Gasteiger partial charge >= 0.3 is 6.09 Å². The lowest BCUT2D eigenvalue weighted by molar-refractivity contribution is -0.183. The fraction of sp³-hybridized carbons (Fsp3) is 0.923. The van der Waals surface area contributed by atoms with Crippen molar-refractivity contribution in [2.24, 2.45) is 0 Å². The number of carbonyl (C=O) groups excluding carboxylic acids is 1. The zero-order valence-corrected chi connectivity index (χ0v) is 11.4. The van der Waals surface area contributed by atoms with E-state index in [2.05, 4.69) is 17.3 Å². The van der Waals surface area contributed by atoms with E-state index in [-0.39, 0.29) is 18.0 Å². The van der Waals surface area contributed by atoms with Crippen LogP contribution in [0.1, 0.15) is 25.7 Å². The second-order valence-corrected chi connectivity index (χ2v) is 5.69. The molecule has 0 bridgehead atoms. The lowest BCUT2D eigenvalue weighted by atomic mass is 9.89. The molecule has 3 aliphatic rings. The van der Waals surface area contributed by atoms with E-state index >= 15 is 0 Å². The van der Waals surface area contributed by atoms with Gasteiger partial charge in [-0.05, 0) is 19.9 Å². The summed E-state index contributed by atoms with van der Waals surface area (Å²) in [5.41, 5.74) is 0. The summed E-state index contributed by atoms with van der Waals surface area (Å²) < 4.78 is 16.6. The molecule has 1 atom stereocenters. The second-order valence-electron chi connectivity index (χ2n) is 5.69. The van der Waals surface area contributed by atoms with Gasteiger partial charge in [0.2, 0.25) is 0 Å². The standard InChI is InChI=1S/C13H22N2O4/c1-15(9-11-8-14-12(16)19-11)10-2-4-13(5-3-10)17-6-7-18-13/h10-11H,2-9H2,1H3,(H,14,16). The number of likely N-dealkylation sites (N-methyl/N-ethyl adjacent to an activating group) is 1. The second kappa shape index (κ2) is 5.26. The van der Waals surface area contributed by atoms with E-state index in [0.717, 1.165) is 45.4 Å². The molecule has 0 aromatic rings. The van der Waals surface area contributed by atoms with Gasteiger partial charge in [0.25, 0.3) is 0 Å². The van der Waals surface area contributed by atoms with Gasteiger partial charge in [-0.1, -0.05) is 0 Å². The summed E-state index contributed by atoms with van der Waals surface area (Å²) in [7, 11) is 2.10. The molecule has 2 saturated heterocycles. The molecular formula is C13H22N2O4. The third-order valence-electron chi connectivity index (χ3n) is 4.39. The van der Waals surface area contributed by atoms with Gasteiger partial charge in [-0.2, -0.15) is 0 Å². The molecule has 6 nitrogen and oxygen atoms in total. The SMILES string of the molecule is CN(CC1CNC(=O)O1)C1CCC2(CC1)OCCO2. The number of alkyl carbamates (subject to hydrolysis) is 1. The average Bonchev–Trinajstić information content (AvgIpc) is 3.00. The van der Waals surface area contributed by atoms with Gasteiger partial charge in [0.05, 0.1) is 19.8 Å². The first-order valence-corrected chi connectivity index (χ1v) is 7.09. The Morgan fingerprint density at radius 3 is 2.58 bits per heavy atom. The summed E-state index contributed by atoms with van der Waals surface area (Å²) in [5.74, 6) is -0.293. The number of carbonyl (C=O) groups is 1. The molecule has 3 rings (SSSR count). The third-order valence-corrected chi connectivity index (χ3v) is 4.39. The number of rotatable bonds is 3. The molecule has 1 N–H and O–H groups in total. The summed E-state index contributed by atoms with van der Waals surface area (Å²) in [6.07, 6.45) is 3.76. The normalized spacial score (nSPS) is 30.8. The molecule has 19 heavy (non-hydrogen) atoms. The van der Waals surface area contributed by atoms with Gasteiger partial charge in [0, 0.05) is 25.4 Å². The number of cyclic esters (lactones) is 1. The number of ether oxygens (including phenoxy) is 3. The van der Waals surface area contributed by atoms with Crippen molar-refractivity contribution < 1.29 is 19.0 Å². The molecule has 0 aromatic heterocycles. The monoisotopic (exact) mass is 270 g/mol. The Morgan fingerprint density at radius 2 is 2.00 bits per heavy atom. The highest BCUT2D eigenvalue weighted by molar-refractivity contribution is 5.69. The van der Waals surface area contributed by atoms with Crippen LogP contribution in [-0.2, 0) is 14.2 Å². The fourth-order valence-corrected chi connectivity index (χ4v) is 3.27. The molecule has 1 aliphatic carbocycles. The van der Waals surface area contributed by atoms with Crippen molar-refractivity contribution in [2.45, 2.75) is 43.6 Å². The van der Waals surface area contributed by atoms with Crippen LogP contribution in [0.2, 0.25) is 0 Å². The third kappa shape index (κ3) is 2.85. The molecule has 6 heteroatoms. The predicted octanol–water partition coefficient (Wildman–Crippen LogP) is 0.712. The van der Waals surface area contributed by atoms with Crippen LogP contribution in [0.4, 0.5) is 4.79 Å². The van der Waals surface area contributed by atoms with Crippen molar-refractivity contribution in [3.05, 3.63) is 0 Å². The van der Waals surface area contributed by atoms with Crippen LogP contribution >= 0.6 is 0 Å². The summed E-state index contributed by atoms with van der Waals surface area (Å²) in [4.78, 5) is 13.3. The molecule has 2 aliphatic heterocycles. The summed E-state index contributed by atoms with van der Waals surface area (Å²) >= 11 is 0. The van der Waals surface area contributed by atoms with Crippen molar-refractivity contribution >= 4 is 6.09 Å². The maximum Gasteiger partial charge on any atom is 0.407 e. The fourth-order valence-electron chi connectivity index (χ4n) is 3.27. The minimum absolute atomic E-state index is 0.0210. The average molecular weight is 270 g/mol. The van der Waals surface area contributed by atoms with Crippen LogP contribution in [0.25, 0.3) is 0 Å². The van der Waals surface area contributed by atoms with Crippen molar-refractivity contribution in [3.63, 3.8) is 0 Å². The molecule has 1 unspecified atom stereocenters. The smallest absolute Gasteiger partial charge is 0.407 e. The maximum atomic E-state index is 11.0. The summed E-state index contributed by atoms with van der Waals surface area (Å²) in [5, 5.41) is 2.69. The zero-order valence-electron chi connectivity index (χ0n) is 11.4. The Balaban J connectivity index is 1.46. The number of nitrogens with one attached hydrogen (secondary N) is 1. The van der Waals surface area contributed by atoms with Crippen molar-refractivity contribution in [2.75, 3.05) is 33.4 Å². The van der Waals surface area contributed by atoms with Crippen LogP contribution in [-0.4, -0.2) is 62.3 Å². The van der Waals surface area contributed by atoms with Gasteiger partial charge in [-0.25, -0.2) is 4.79 Å². The van der Waals surface area contributed by atoms with Gasteiger partial charge in [-0.3, -0.25) is 4.90 Å². The quantitative estimate of drug-likeness (QED) is 0.818. The number of hydrogen-bond acceptors (Lipinski definition) is 5. The molecule has 2 heterocycles. The first-order valence-electron chi connectivity index (χ1n) is 7.09. The van der Waals surface area contributed by atoms with E-state index in [1.807, 2.05) is 0 Å². The van der Waals surface area contributed by atoms with Crippen LogP contribution in [0, 0.1) is 0 Å². The van der Waals surface area contributed by atoms with E-state index in [1.165, 1.54) is 0 Å². The molecule has 0 radical (unpaired) electrons. The topological polar surface area (TPSA) is 60.0 Å². The molecule has 1 amide bonds. The van der Waals surface area contributed by atoms with E-state index in [0.29, 0.717) is 12.6 Å². The Labute approximate surface area is 113 Å². The van der Waals surface area contributed by atoms with E-state index < -0.39 is 0 Å². The summed E-state index contributed by atoms with van der Waals surface area (Å²) in [6, 6.07) is 0.526. The largest absolute Gasteiger partial charge is 0.443 e. The van der Waals surface area contributed by atoms with E-state index in [1.54, 1.807) is 0 Å². The maximum absolute atomic E-state index is 11.0. The Morgan fingerprint density at radius 1 is 1.32 bits per heavy atom. The Hall–Kier alpha value is -0.850. The van der Waals surface area contributed by atoms with Gasteiger partial charge in [0.15, 0.2) is 5.79 Å². The minimum Gasteiger partial charge on any atom is -0.443 e. The summed E-state index contributed by atoms with van der Waals surface area (Å²) in [6.45, 7) is 2.86. The van der Waals surface area contributed by atoms with E-state index in [9.17, 15) is 4.79 Å². The van der Waals surface area contributed by atoms with Crippen LogP contribution in [0.5, 0.6) is 0 Å². The molecule has 0 aromatic carbocycles. The van der Waals surface area contributed by atoms with Crippen molar-refractivity contribution in [1.82, 2.24) is 10.2 Å². The predicted molar refractivity (Wildman–Crippen MR) is 67.8 cm³/mol. The zero-order chi connectivity index (χ0) is 13.3. The number of amides is 1. The minimum atomic E-state index is -0.297. The van der Waals surface area contributed by atoms with Crippen LogP contribution < -0.4 is 5.32 Å². The molecule has 3 fully saturated rings. The molecule has 1 spiro atoms. The highest BCUT2D eigenvalue weighted by Gasteiger charge is 2.41. The van der Waals surface area contributed by atoms with Crippen molar-refractivity contribution in [3.8, 4) is 0 Å². The van der Waals surface area contributed by atoms with Gasteiger partial charge in [-0.15, -0.1) is 0 Å². The number of nitrogens with zero attached hydrogens (tertiary/aromatic N) is 1. The van der Waals surface area contributed by atoms with Crippen molar-refractivity contribution in [1.29, 1.82) is 0 Å². The Bertz CT molecular complexity index is 334. The Kier molecular flexibility index (Phi) is 3.64. The molecule has 1 saturated carbocycles. The molecular weight excluding hydrogens is 248 g/mol. The molecule has 108 valence electrons. The lowest BCUT2D eigenvalue weighted by Gasteiger charge is -2.39. The highest BCUT2D eigenvalue weighted by atomic mass is 16.7. The van der Waals surface area contributed by atoms with Gasteiger partial charge < -0.3 is 19.5 Å². The first-order chi connectivity index (χ1) is 9.17. The van der Waals surface area contributed by atoms with Gasteiger partial charge in [0.1, 0.15) is 6.10 Å². The lowest BCUT2D eigenvalue weighted by Crippen LogP contribution is -2.45. The van der Waals surface area contributed by atoms with E-state index in [4.69, 9.17) is 14.2 Å². The van der Waals surface area contributed by atoms with Crippen LogP contribution in [0.15, 0.2) is 0 Å². The first kappa shape index (κ1) is 13.1. The highest BCUT2D eigenvalue weighted by Crippen LogP contribution is 2.37. The number of hydrogen-bond donors (Lipinski definition) is 1.